The summed E-state index contributed by atoms with van der Waals surface area (Å²) in [7, 11) is 0. The van der Waals surface area contributed by atoms with Crippen molar-refractivity contribution in [2.24, 2.45) is 0 Å². The Labute approximate surface area is 202 Å². The normalized spacial score (nSPS) is 19.7. The van der Waals surface area contributed by atoms with E-state index < -0.39 is 23.5 Å². The average Bonchev–Trinajstić information content (AvgIpc) is 3.07. The Hall–Kier alpha value is -3.19. The van der Waals surface area contributed by atoms with Crippen molar-refractivity contribution in [3.8, 4) is 5.75 Å². The van der Waals surface area contributed by atoms with Gasteiger partial charge in [0.2, 0.25) is 5.91 Å². The van der Waals surface area contributed by atoms with E-state index in [1.54, 1.807) is 36.1 Å². The number of Topliss-reactive ketones (excluding diaryl/α,β-unsaturated/α-hetero) is 1. The van der Waals surface area contributed by atoms with E-state index in [1.165, 1.54) is 0 Å². The molecule has 8 heteroatoms. The quantitative estimate of drug-likeness (QED) is 0.607. The van der Waals surface area contributed by atoms with Crippen LogP contribution in [0.25, 0.3) is 0 Å². The van der Waals surface area contributed by atoms with Gasteiger partial charge in [-0.15, -0.1) is 0 Å². The van der Waals surface area contributed by atoms with E-state index in [-0.39, 0.29) is 18.1 Å². The highest BCUT2D eigenvalue weighted by molar-refractivity contribution is 6.32. The van der Waals surface area contributed by atoms with Crippen molar-refractivity contribution >= 4 is 35.1 Å². The zero-order valence-corrected chi connectivity index (χ0v) is 20.1. The van der Waals surface area contributed by atoms with E-state index in [9.17, 15) is 19.2 Å². The zero-order chi connectivity index (χ0) is 24.4. The van der Waals surface area contributed by atoms with Gasteiger partial charge in [0.1, 0.15) is 17.4 Å². The number of nitrogens with zero attached hydrogens (tertiary/aromatic N) is 2. The molecule has 1 fully saturated rings. The monoisotopic (exact) mass is 480 g/mol. The minimum absolute atomic E-state index is 0.000167. The van der Waals surface area contributed by atoms with Crippen molar-refractivity contribution in [1.29, 1.82) is 0 Å². The van der Waals surface area contributed by atoms with Crippen molar-refractivity contribution < 1.29 is 23.9 Å². The number of halogens is 1. The molecule has 0 saturated carbocycles. The maximum Gasteiger partial charge on any atom is 0.262 e. The molecule has 3 heterocycles. The summed E-state index contributed by atoms with van der Waals surface area (Å²) < 4.78 is 6.38. The second-order valence-electron chi connectivity index (χ2n) is 9.42. The summed E-state index contributed by atoms with van der Waals surface area (Å²) in [5, 5.41) is 0.578. The lowest BCUT2D eigenvalue weighted by molar-refractivity contribution is -0.138. The summed E-state index contributed by atoms with van der Waals surface area (Å²) in [6.07, 6.45) is 1.20. The molecule has 3 amide bonds. The predicted octanol–water partition coefficient (Wildman–Crippen LogP) is 3.97. The largest absolute Gasteiger partial charge is 0.486 e. The fourth-order valence-corrected chi connectivity index (χ4v) is 5.50. The number of benzene rings is 2. The second-order valence-corrected chi connectivity index (χ2v) is 9.80. The third-order valence-corrected chi connectivity index (χ3v) is 7.87. The van der Waals surface area contributed by atoms with Crippen LogP contribution in [0.1, 0.15) is 68.4 Å². The number of carbonyl (C=O) groups excluding carboxylic acids is 4. The highest BCUT2D eigenvalue weighted by Gasteiger charge is 2.47. The number of ketones is 1. The lowest BCUT2D eigenvalue weighted by Crippen LogP contribution is -2.56. The number of hydrogen-bond acceptors (Lipinski definition) is 5. The minimum atomic E-state index is -0.913. The van der Waals surface area contributed by atoms with Crippen LogP contribution in [-0.2, 0) is 4.79 Å². The molecule has 176 valence electrons. The summed E-state index contributed by atoms with van der Waals surface area (Å²) >= 11 is 6.34. The maximum absolute atomic E-state index is 13.2. The molecule has 5 rings (SSSR count). The fourth-order valence-electron chi connectivity index (χ4n) is 5.35. The number of aryl methyl sites for hydroxylation is 1. The number of likely N-dealkylation sites (tertiary alicyclic amines) is 1. The maximum atomic E-state index is 13.2. The van der Waals surface area contributed by atoms with E-state index >= 15 is 0 Å². The lowest BCUT2D eigenvalue weighted by Gasteiger charge is -2.45. The van der Waals surface area contributed by atoms with Crippen LogP contribution in [0.2, 0.25) is 5.02 Å². The van der Waals surface area contributed by atoms with Gasteiger partial charge in [0.25, 0.3) is 11.8 Å². The molecule has 3 aliphatic heterocycles. The zero-order valence-electron chi connectivity index (χ0n) is 19.3. The van der Waals surface area contributed by atoms with Crippen LogP contribution in [0.4, 0.5) is 0 Å². The first-order valence-corrected chi connectivity index (χ1v) is 11.8. The van der Waals surface area contributed by atoms with Crippen LogP contribution in [0, 0.1) is 13.8 Å². The molecule has 0 aromatic heterocycles. The molecule has 2 aromatic rings. The molecule has 1 spiro atoms. The van der Waals surface area contributed by atoms with Crippen LogP contribution in [0.5, 0.6) is 5.75 Å². The van der Waals surface area contributed by atoms with Gasteiger partial charge in [-0.2, -0.15) is 0 Å². The van der Waals surface area contributed by atoms with Gasteiger partial charge in [-0.05, 0) is 50.1 Å². The van der Waals surface area contributed by atoms with E-state index in [0.29, 0.717) is 53.4 Å². The highest BCUT2D eigenvalue weighted by atomic mass is 35.5. The van der Waals surface area contributed by atoms with Crippen LogP contribution in [-0.4, -0.2) is 58.0 Å². The lowest BCUT2D eigenvalue weighted by atomic mass is 9.81. The number of rotatable bonds is 2. The van der Waals surface area contributed by atoms with Crippen molar-refractivity contribution in [1.82, 2.24) is 9.80 Å². The topological polar surface area (TPSA) is 84.0 Å². The molecule has 2 aromatic carbocycles. The predicted molar refractivity (Wildman–Crippen MR) is 125 cm³/mol. The number of piperidine rings is 1. The molecule has 7 nitrogen and oxygen atoms in total. The SMILES string of the molecule is Cc1cc2c(c(C)c1Cl)C(=O)CC1(CCN(C(=O)C(C)N3C(=O)c4ccccc4C3=O)CC1)O2. The molecule has 34 heavy (non-hydrogen) atoms. The minimum Gasteiger partial charge on any atom is -0.486 e. The van der Waals surface area contributed by atoms with Crippen molar-refractivity contribution in [3.05, 3.63) is 63.2 Å². The Morgan fingerprint density at radius 2 is 1.65 bits per heavy atom. The average molecular weight is 481 g/mol. The molecule has 0 radical (unpaired) electrons. The van der Waals surface area contributed by atoms with Gasteiger partial charge in [-0.25, -0.2) is 0 Å². The van der Waals surface area contributed by atoms with E-state index in [2.05, 4.69) is 0 Å². The highest BCUT2D eigenvalue weighted by Crippen LogP contribution is 2.43. The van der Waals surface area contributed by atoms with Crippen molar-refractivity contribution in [3.63, 3.8) is 0 Å². The summed E-state index contributed by atoms with van der Waals surface area (Å²) in [5.74, 6) is -0.630. The molecule has 3 aliphatic rings. The van der Waals surface area contributed by atoms with Gasteiger partial charge in [-0.1, -0.05) is 23.7 Å². The van der Waals surface area contributed by atoms with Gasteiger partial charge in [-0.3, -0.25) is 24.1 Å². The second kappa shape index (κ2) is 7.94. The molecular weight excluding hydrogens is 456 g/mol. The van der Waals surface area contributed by atoms with Crippen molar-refractivity contribution in [2.75, 3.05) is 13.1 Å². The summed E-state index contributed by atoms with van der Waals surface area (Å²) in [5.41, 5.74) is 2.10. The third-order valence-electron chi connectivity index (χ3n) is 7.29. The van der Waals surface area contributed by atoms with Crippen LogP contribution >= 0.6 is 11.6 Å². The van der Waals surface area contributed by atoms with Gasteiger partial charge >= 0.3 is 0 Å². The van der Waals surface area contributed by atoms with Gasteiger partial charge < -0.3 is 9.64 Å². The number of ether oxygens (including phenoxy) is 1. The van der Waals surface area contributed by atoms with Crippen LogP contribution in [0.3, 0.4) is 0 Å². The first-order chi connectivity index (χ1) is 16.1. The molecule has 0 aliphatic carbocycles. The van der Waals surface area contributed by atoms with E-state index in [4.69, 9.17) is 16.3 Å². The number of imide groups is 1. The summed E-state index contributed by atoms with van der Waals surface area (Å²) in [6, 6.07) is 7.50. The Kier molecular flexibility index (Phi) is 5.28. The molecule has 1 saturated heterocycles. The Morgan fingerprint density at radius 3 is 2.24 bits per heavy atom. The third kappa shape index (κ3) is 3.33. The summed E-state index contributed by atoms with van der Waals surface area (Å²) in [6.45, 7) is 6.05. The number of amides is 3. The smallest absolute Gasteiger partial charge is 0.262 e. The van der Waals surface area contributed by atoms with Gasteiger partial charge in [0.05, 0.1) is 23.1 Å². The number of hydrogen-bond donors (Lipinski definition) is 0. The number of carbonyl (C=O) groups is 4. The first kappa shape index (κ1) is 22.6. The van der Waals surface area contributed by atoms with Crippen LogP contribution in [0.15, 0.2) is 30.3 Å². The Bertz CT molecular complexity index is 1230. The van der Waals surface area contributed by atoms with Crippen molar-refractivity contribution in [2.45, 2.75) is 51.7 Å². The molecule has 1 atom stereocenters. The fraction of sp³-hybridized carbons (Fsp3) is 0.385. The van der Waals surface area contributed by atoms with Gasteiger partial charge in [0, 0.05) is 31.0 Å². The van der Waals surface area contributed by atoms with E-state index in [0.717, 1.165) is 16.0 Å². The van der Waals surface area contributed by atoms with Gasteiger partial charge in [0.15, 0.2) is 5.78 Å². The molecule has 1 unspecified atom stereocenters. The first-order valence-electron chi connectivity index (χ1n) is 11.4. The molecule has 0 N–H and O–H groups in total. The Balaban J connectivity index is 1.30. The Morgan fingerprint density at radius 1 is 1.06 bits per heavy atom. The standard InChI is InChI=1S/C26H25ClN2O5/c1-14-12-20-21(15(2)22(14)27)19(30)13-26(34-20)8-10-28(11-9-26)23(31)16(3)29-24(32)17-6-4-5-7-18(17)25(29)33/h4-7,12,16H,8-11,13H2,1-3H3. The number of fused-ring (bicyclic) bond motifs is 2. The van der Waals surface area contributed by atoms with Crippen LogP contribution < -0.4 is 4.74 Å². The van der Waals surface area contributed by atoms with E-state index in [1.807, 2.05) is 19.9 Å². The molecular formula is C26H25ClN2O5. The summed E-state index contributed by atoms with van der Waals surface area (Å²) in [4.78, 5) is 54.5. The molecule has 0 bridgehead atoms.